The van der Waals surface area contributed by atoms with Gasteiger partial charge in [0.05, 0.1) is 11.6 Å². The average Bonchev–Trinajstić information content (AvgIpc) is 2.41. The summed E-state index contributed by atoms with van der Waals surface area (Å²) in [6, 6.07) is 7.95. The largest absolute Gasteiger partial charge is 0.487 e. The maximum Gasteiger partial charge on any atom is 0.143 e. The molecule has 0 atom stereocenters. The van der Waals surface area contributed by atoms with Gasteiger partial charge in [-0.2, -0.15) is 0 Å². The molecule has 0 amide bonds. The number of aliphatic hydroxyl groups excluding tert-OH is 1. The van der Waals surface area contributed by atoms with Crippen LogP contribution in [0.1, 0.15) is 17.0 Å². The number of hydrogen-bond acceptors (Lipinski definition) is 3. The van der Waals surface area contributed by atoms with E-state index in [4.69, 9.17) is 16.3 Å². The van der Waals surface area contributed by atoms with Crippen molar-refractivity contribution in [1.29, 1.82) is 0 Å². The lowest BCUT2D eigenvalue weighted by molar-refractivity contribution is 0.253. The van der Waals surface area contributed by atoms with Crippen LogP contribution in [0.2, 0.25) is 5.02 Å². The molecule has 100 valence electrons. The first kappa shape index (κ1) is 13.8. The first-order chi connectivity index (χ1) is 9.10. The number of aliphatic hydroxyl groups is 1. The molecule has 2 rings (SSSR count). The van der Waals surface area contributed by atoms with Crippen molar-refractivity contribution in [1.82, 2.24) is 4.98 Å². The maximum atomic E-state index is 13.0. The fourth-order valence-electron chi connectivity index (χ4n) is 1.63. The molecule has 0 aliphatic rings. The van der Waals surface area contributed by atoms with Gasteiger partial charge in [-0.3, -0.25) is 4.98 Å². The molecule has 2 aromatic rings. The molecule has 1 N–H and O–H groups in total. The zero-order valence-electron chi connectivity index (χ0n) is 10.4. The summed E-state index contributed by atoms with van der Waals surface area (Å²) in [7, 11) is 0. The quantitative estimate of drug-likeness (QED) is 0.935. The molecule has 3 nitrogen and oxygen atoms in total. The molecule has 0 radical (unpaired) electrons. The Balaban J connectivity index is 2.12. The number of benzene rings is 1. The van der Waals surface area contributed by atoms with Gasteiger partial charge in [0.15, 0.2) is 0 Å². The number of aryl methyl sites for hydroxylation is 1. The number of nitrogens with zero attached hydrogens (tertiary/aromatic N) is 1. The number of halogens is 2. The first-order valence-corrected chi connectivity index (χ1v) is 6.12. The molecule has 1 aromatic carbocycles. The van der Waals surface area contributed by atoms with Crippen LogP contribution in [-0.4, -0.2) is 10.1 Å². The zero-order valence-corrected chi connectivity index (χ0v) is 11.1. The van der Waals surface area contributed by atoms with Crippen LogP contribution in [0.25, 0.3) is 0 Å². The van der Waals surface area contributed by atoms with E-state index in [2.05, 4.69) is 4.98 Å². The third-order valence-corrected chi connectivity index (χ3v) is 2.89. The highest BCUT2D eigenvalue weighted by Crippen LogP contribution is 2.20. The van der Waals surface area contributed by atoms with E-state index in [-0.39, 0.29) is 18.2 Å². The van der Waals surface area contributed by atoms with Crippen molar-refractivity contribution in [3.8, 4) is 5.75 Å². The van der Waals surface area contributed by atoms with E-state index in [1.54, 1.807) is 18.2 Å². The van der Waals surface area contributed by atoms with Gasteiger partial charge in [0, 0.05) is 5.69 Å². The van der Waals surface area contributed by atoms with E-state index in [1.807, 2.05) is 6.92 Å². The molecule has 0 spiro atoms. The summed E-state index contributed by atoms with van der Waals surface area (Å²) in [5, 5.41) is 9.27. The smallest absolute Gasteiger partial charge is 0.143 e. The summed E-state index contributed by atoms with van der Waals surface area (Å²) in [4.78, 5) is 4.17. The number of ether oxygens (including phenoxy) is 1. The molecule has 0 aliphatic heterocycles. The summed E-state index contributed by atoms with van der Waals surface area (Å²) in [5.74, 6) is 0.0482. The fraction of sp³-hybridized carbons (Fsp3) is 0.214. The van der Waals surface area contributed by atoms with Gasteiger partial charge in [0.2, 0.25) is 0 Å². The monoisotopic (exact) mass is 281 g/mol. The Hall–Kier alpha value is -1.65. The predicted octanol–water partition coefficient (Wildman–Crippen LogP) is 3.25. The zero-order chi connectivity index (χ0) is 13.8. The Kier molecular flexibility index (Phi) is 4.35. The lowest BCUT2D eigenvalue weighted by Gasteiger charge is -2.10. The van der Waals surface area contributed by atoms with Gasteiger partial charge < -0.3 is 9.84 Å². The summed E-state index contributed by atoms with van der Waals surface area (Å²) < 4.78 is 18.6. The molecular weight excluding hydrogens is 269 g/mol. The summed E-state index contributed by atoms with van der Waals surface area (Å²) >= 11 is 5.69. The Morgan fingerprint density at radius 3 is 2.79 bits per heavy atom. The van der Waals surface area contributed by atoms with E-state index in [0.29, 0.717) is 11.4 Å². The van der Waals surface area contributed by atoms with Gasteiger partial charge in [0.25, 0.3) is 0 Å². The number of rotatable bonds is 4. The topological polar surface area (TPSA) is 42.4 Å². The minimum atomic E-state index is -0.460. The fourth-order valence-corrected chi connectivity index (χ4v) is 1.84. The van der Waals surface area contributed by atoms with Crippen molar-refractivity contribution >= 4 is 11.6 Å². The Labute approximate surface area is 115 Å². The molecule has 0 fully saturated rings. The van der Waals surface area contributed by atoms with Gasteiger partial charge >= 0.3 is 0 Å². The lowest BCUT2D eigenvalue weighted by Crippen LogP contribution is -2.01. The van der Waals surface area contributed by atoms with Crippen LogP contribution in [-0.2, 0) is 13.2 Å². The number of pyridine rings is 1. The highest BCUT2D eigenvalue weighted by atomic mass is 35.5. The maximum absolute atomic E-state index is 13.0. The third kappa shape index (κ3) is 3.43. The number of hydrogen-bond donors (Lipinski definition) is 1. The first-order valence-electron chi connectivity index (χ1n) is 5.74. The highest BCUT2D eigenvalue weighted by Gasteiger charge is 2.06. The third-order valence-electron chi connectivity index (χ3n) is 2.60. The summed E-state index contributed by atoms with van der Waals surface area (Å²) in [5.41, 5.74) is 2.03. The second kappa shape index (κ2) is 5.99. The van der Waals surface area contributed by atoms with Gasteiger partial charge in [-0.25, -0.2) is 4.39 Å². The Bertz CT molecular complexity index is 590. The molecule has 1 aromatic heterocycles. The normalized spacial score (nSPS) is 10.5. The second-order valence-electron chi connectivity index (χ2n) is 4.09. The molecule has 0 bridgehead atoms. The van der Waals surface area contributed by atoms with E-state index in [0.717, 1.165) is 11.3 Å². The Morgan fingerprint density at radius 2 is 2.11 bits per heavy atom. The van der Waals surface area contributed by atoms with Crippen LogP contribution in [0.5, 0.6) is 5.75 Å². The van der Waals surface area contributed by atoms with E-state index < -0.39 is 5.82 Å². The minimum Gasteiger partial charge on any atom is -0.487 e. The SMILES string of the molecule is Cc1ccc(OCc2ccc(F)c(Cl)c2)c(CO)n1. The molecule has 0 saturated heterocycles. The van der Waals surface area contributed by atoms with Crippen LogP contribution in [0.4, 0.5) is 4.39 Å². The van der Waals surface area contributed by atoms with Crippen molar-refractivity contribution < 1.29 is 14.2 Å². The van der Waals surface area contributed by atoms with Crippen molar-refractivity contribution in [2.75, 3.05) is 0 Å². The standard InChI is InChI=1S/C14H13ClFNO2/c1-9-2-5-14(13(7-18)17-9)19-8-10-3-4-12(16)11(15)6-10/h2-6,18H,7-8H2,1H3. The van der Waals surface area contributed by atoms with Gasteiger partial charge in [-0.1, -0.05) is 17.7 Å². The predicted molar refractivity (Wildman–Crippen MR) is 70.6 cm³/mol. The van der Waals surface area contributed by atoms with Crippen LogP contribution >= 0.6 is 11.6 Å². The minimum absolute atomic E-state index is 0.0607. The van der Waals surface area contributed by atoms with Crippen LogP contribution in [0, 0.1) is 12.7 Å². The van der Waals surface area contributed by atoms with Crippen LogP contribution < -0.4 is 4.74 Å². The molecule has 5 heteroatoms. The molecule has 0 aliphatic carbocycles. The van der Waals surface area contributed by atoms with Gasteiger partial charge in [-0.15, -0.1) is 0 Å². The second-order valence-corrected chi connectivity index (χ2v) is 4.50. The summed E-state index contributed by atoms with van der Waals surface area (Å²) in [6.45, 7) is 1.88. The molecular formula is C14H13ClFNO2. The van der Waals surface area contributed by atoms with Crippen LogP contribution in [0.3, 0.4) is 0 Å². The van der Waals surface area contributed by atoms with Crippen LogP contribution in [0.15, 0.2) is 30.3 Å². The highest BCUT2D eigenvalue weighted by molar-refractivity contribution is 6.30. The molecule has 1 heterocycles. The van der Waals surface area contributed by atoms with E-state index in [1.165, 1.54) is 12.1 Å². The molecule has 19 heavy (non-hydrogen) atoms. The Morgan fingerprint density at radius 1 is 1.32 bits per heavy atom. The van der Waals surface area contributed by atoms with Crippen molar-refractivity contribution in [2.45, 2.75) is 20.1 Å². The van der Waals surface area contributed by atoms with Gasteiger partial charge in [0.1, 0.15) is 23.9 Å². The van der Waals surface area contributed by atoms with Gasteiger partial charge in [-0.05, 0) is 36.8 Å². The summed E-state index contributed by atoms with van der Waals surface area (Å²) in [6.07, 6.45) is 0. The average molecular weight is 282 g/mol. The van der Waals surface area contributed by atoms with E-state index >= 15 is 0 Å². The van der Waals surface area contributed by atoms with Crippen molar-refractivity contribution in [3.05, 3.63) is 58.1 Å². The molecule has 0 unspecified atom stereocenters. The van der Waals surface area contributed by atoms with Crippen molar-refractivity contribution in [2.24, 2.45) is 0 Å². The lowest BCUT2D eigenvalue weighted by atomic mass is 10.2. The van der Waals surface area contributed by atoms with Crippen molar-refractivity contribution in [3.63, 3.8) is 0 Å². The number of aromatic nitrogens is 1. The van der Waals surface area contributed by atoms with E-state index in [9.17, 15) is 9.50 Å². The molecule has 0 saturated carbocycles.